The van der Waals surface area contributed by atoms with Crippen molar-refractivity contribution in [2.75, 3.05) is 45.8 Å². The Morgan fingerprint density at radius 2 is 1.79 bits per heavy atom. The summed E-state index contributed by atoms with van der Waals surface area (Å²) in [5.74, 6) is 0.368. The van der Waals surface area contributed by atoms with E-state index in [0.29, 0.717) is 35.9 Å². The van der Waals surface area contributed by atoms with Crippen molar-refractivity contribution in [1.29, 1.82) is 0 Å². The van der Waals surface area contributed by atoms with Crippen LogP contribution in [0.2, 0.25) is 0 Å². The van der Waals surface area contributed by atoms with Crippen LogP contribution in [0.3, 0.4) is 0 Å². The Balaban J connectivity index is 1.66. The van der Waals surface area contributed by atoms with Gasteiger partial charge in [0.05, 0.1) is 11.7 Å². The van der Waals surface area contributed by atoms with Crippen LogP contribution < -0.4 is 5.56 Å². The molecule has 2 fully saturated rings. The van der Waals surface area contributed by atoms with Gasteiger partial charge in [-0.25, -0.2) is 13.4 Å². The molecule has 0 spiro atoms. The molecule has 0 bridgehead atoms. The zero-order valence-electron chi connectivity index (χ0n) is 19.8. The number of amides is 1. The predicted octanol–water partition coefficient (Wildman–Crippen LogP) is 1.60. The van der Waals surface area contributed by atoms with Gasteiger partial charge in [-0.3, -0.25) is 14.2 Å². The minimum atomic E-state index is -3.85. The third kappa shape index (κ3) is 4.73. The lowest BCUT2D eigenvalue weighted by Gasteiger charge is -2.34. The molecular formula is C22H33N5O4S2. The van der Waals surface area contributed by atoms with Crippen molar-refractivity contribution in [3.05, 3.63) is 21.6 Å². The van der Waals surface area contributed by atoms with Crippen molar-refractivity contribution in [2.24, 2.45) is 11.8 Å². The highest BCUT2D eigenvalue weighted by molar-refractivity contribution is 7.89. The normalized spacial score (nSPS) is 23.3. The number of sulfonamides is 1. The van der Waals surface area contributed by atoms with Gasteiger partial charge in [0.15, 0.2) is 0 Å². The van der Waals surface area contributed by atoms with Crippen molar-refractivity contribution in [3.63, 3.8) is 0 Å². The average Bonchev–Trinajstić information content (AvgIpc) is 3.12. The largest absolute Gasteiger partial charge is 0.339 e. The van der Waals surface area contributed by atoms with Crippen LogP contribution in [0.5, 0.6) is 0 Å². The summed E-state index contributed by atoms with van der Waals surface area (Å²) in [5.41, 5.74) is -0.471. The molecule has 4 heterocycles. The number of likely N-dealkylation sites (N-methyl/N-ethyl adjacent to an activating group) is 1. The van der Waals surface area contributed by atoms with E-state index in [1.807, 2.05) is 0 Å². The molecule has 33 heavy (non-hydrogen) atoms. The first-order valence-electron chi connectivity index (χ1n) is 11.6. The molecule has 9 nitrogen and oxygen atoms in total. The molecule has 2 aromatic heterocycles. The number of piperazine rings is 1. The molecule has 4 rings (SSSR count). The molecule has 0 aromatic carbocycles. The van der Waals surface area contributed by atoms with Gasteiger partial charge in [-0.2, -0.15) is 4.31 Å². The van der Waals surface area contributed by atoms with Gasteiger partial charge in [0, 0.05) is 44.1 Å². The van der Waals surface area contributed by atoms with Crippen LogP contribution in [-0.2, 0) is 21.4 Å². The number of hydrogen-bond donors (Lipinski definition) is 0. The first kappa shape index (κ1) is 24.3. The zero-order chi connectivity index (χ0) is 23.9. The molecule has 2 aliphatic heterocycles. The second kappa shape index (κ2) is 9.44. The molecule has 11 heteroatoms. The fourth-order valence-electron chi connectivity index (χ4n) is 5.03. The molecule has 2 saturated heterocycles. The molecule has 2 aliphatic rings. The summed E-state index contributed by atoms with van der Waals surface area (Å²) in [6.07, 6.45) is 2.35. The van der Waals surface area contributed by atoms with Crippen LogP contribution in [0, 0.1) is 18.8 Å². The van der Waals surface area contributed by atoms with Crippen LogP contribution in [0.4, 0.5) is 0 Å². The van der Waals surface area contributed by atoms with Crippen LogP contribution in [0.1, 0.15) is 32.1 Å². The number of aryl methyl sites for hydroxylation is 1. The molecule has 2 aromatic rings. The van der Waals surface area contributed by atoms with Gasteiger partial charge >= 0.3 is 0 Å². The lowest BCUT2D eigenvalue weighted by molar-refractivity contribution is -0.133. The fraction of sp³-hybridized carbons (Fsp3) is 0.682. The molecule has 0 radical (unpaired) electrons. The lowest BCUT2D eigenvalue weighted by atomic mass is 9.94. The van der Waals surface area contributed by atoms with Gasteiger partial charge in [0.25, 0.3) is 5.56 Å². The number of thiophene rings is 1. The quantitative estimate of drug-likeness (QED) is 0.625. The second-order valence-electron chi connectivity index (χ2n) is 9.43. The smallest absolute Gasteiger partial charge is 0.263 e. The lowest BCUT2D eigenvalue weighted by Crippen LogP contribution is -2.49. The third-order valence-corrected chi connectivity index (χ3v) is 9.86. The van der Waals surface area contributed by atoms with E-state index in [9.17, 15) is 18.0 Å². The fourth-order valence-corrected chi connectivity index (χ4v) is 8.37. The third-order valence-electron chi connectivity index (χ3n) is 6.71. The van der Waals surface area contributed by atoms with E-state index in [2.05, 4.69) is 30.7 Å². The topological polar surface area (TPSA) is 95.8 Å². The number of rotatable bonds is 5. The summed E-state index contributed by atoms with van der Waals surface area (Å²) in [6, 6.07) is 0. The Hall–Kier alpha value is -1.82. The summed E-state index contributed by atoms with van der Waals surface area (Å²) < 4.78 is 30.0. The van der Waals surface area contributed by atoms with E-state index in [0.717, 1.165) is 26.1 Å². The highest BCUT2D eigenvalue weighted by Gasteiger charge is 2.36. The number of carbonyl (C=O) groups excluding carboxylic acids is 1. The van der Waals surface area contributed by atoms with Crippen molar-refractivity contribution < 1.29 is 13.2 Å². The Labute approximate surface area is 199 Å². The highest BCUT2D eigenvalue weighted by atomic mass is 32.2. The highest BCUT2D eigenvalue weighted by Crippen LogP contribution is 2.35. The van der Waals surface area contributed by atoms with E-state index < -0.39 is 15.6 Å². The standard InChI is InChI=1S/C22H33N5O4S2/c1-5-24-6-8-25(9-7-24)18(28)13-26-14-23-21-19(22(26)29)20(17(4)32-21)33(30,31)27-11-15(2)10-16(3)12-27/h14-16H,5-13H2,1-4H3/t15-,16-/m0/s1. The zero-order valence-corrected chi connectivity index (χ0v) is 21.4. The van der Waals surface area contributed by atoms with E-state index in [1.165, 1.54) is 26.5 Å². The SMILES string of the molecule is CCN1CCN(C(=O)Cn2cnc3sc(C)c(S(=O)(=O)N4C[C@@H](C)C[C@H](C)C4)c3c2=O)CC1. The molecule has 0 N–H and O–H groups in total. The Bertz CT molecular complexity index is 1190. The maximum Gasteiger partial charge on any atom is 0.263 e. The van der Waals surface area contributed by atoms with Crippen LogP contribution >= 0.6 is 11.3 Å². The molecule has 1 amide bonds. The Morgan fingerprint density at radius 3 is 2.39 bits per heavy atom. The van der Waals surface area contributed by atoms with Gasteiger partial charge < -0.3 is 9.80 Å². The van der Waals surface area contributed by atoms with Crippen molar-refractivity contribution in [2.45, 2.75) is 45.6 Å². The molecule has 0 aliphatic carbocycles. The van der Waals surface area contributed by atoms with Crippen LogP contribution in [0.15, 0.2) is 16.0 Å². The monoisotopic (exact) mass is 495 g/mol. The first-order valence-corrected chi connectivity index (χ1v) is 13.9. The number of aromatic nitrogens is 2. The van der Waals surface area contributed by atoms with Gasteiger partial charge in [0.2, 0.25) is 15.9 Å². The summed E-state index contributed by atoms with van der Waals surface area (Å²) >= 11 is 1.21. The van der Waals surface area contributed by atoms with Crippen molar-refractivity contribution in [3.8, 4) is 0 Å². The molecule has 0 saturated carbocycles. The van der Waals surface area contributed by atoms with Crippen LogP contribution in [-0.4, -0.2) is 83.8 Å². The summed E-state index contributed by atoms with van der Waals surface area (Å²) in [7, 11) is -3.85. The number of carbonyl (C=O) groups is 1. The number of hydrogen-bond acceptors (Lipinski definition) is 7. The van der Waals surface area contributed by atoms with E-state index in [1.54, 1.807) is 11.8 Å². The van der Waals surface area contributed by atoms with Gasteiger partial charge in [-0.05, 0) is 31.7 Å². The Morgan fingerprint density at radius 1 is 1.15 bits per heavy atom. The van der Waals surface area contributed by atoms with Gasteiger partial charge in [-0.15, -0.1) is 11.3 Å². The molecule has 182 valence electrons. The molecular weight excluding hydrogens is 462 g/mol. The Kier molecular flexibility index (Phi) is 6.95. The summed E-state index contributed by atoms with van der Waals surface area (Å²) in [4.78, 5) is 35.7. The maximum absolute atomic E-state index is 13.6. The average molecular weight is 496 g/mol. The second-order valence-corrected chi connectivity index (χ2v) is 12.5. The van der Waals surface area contributed by atoms with E-state index >= 15 is 0 Å². The molecule has 0 unspecified atom stereocenters. The van der Waals surface area contributed by atoms with E-state index in [-0.39, 0.29) is 34.6 Å². The minimum absolute atomic E-state index is 0.0552. The summed E-state index contributed by atoms with van der Waals surface area (Å²) in [5, 5.41) is 0.106. The maximum atomic E-state index is 13.6. The van der Waals surface area contributed by atoms with Crippen molar-refractivity contribution in [1.82, 2.24) is 23.7 Å². The van der Waals surface area contributed by atoms with Gasteiger partial charge in [0.1, 0.15) is 16.3 Å². The van der Waals surface area contributed by atoms with E-state index in [4.69, 9.17) is 0 Å². The summed E-state index contributed by atoms with van der Waals surface area (Å²) in [6.45, 7) is 12.5. The molecule has 2 atom stereocenters. The number of piperidine rings is 1. The predicted molar refractivity (Wildman–Crippen MR) is 129 cm³/mol. The van der Waals surface area contributed by atoms with Crippen molar-refractivity contribution >= 4 is 37.5 Å². The van der Waals surface area contributed by atoms with Gasteiger partial charge in [-0.1, -0.05) is 20.8 Å². The number of nitrogens with zero attached hydrogens (tertiary/aromatic N) is 5. The minimum Gasteiger partial charge on any atom is -0.339 e. The van der Waals surface area contributed by atoms with Crippen LogP contribution in [0.25, 0.3) is 10.2 Å². The number of fused-ring (bicyclic) bond motifs is 1. The first-order chi connectivity index (χ1) is 15.6.